The molecule has 0 fully saturated rings. The fourth-order valence-corrected chi connectivity index (χ4v) is 1.09. The van der Waals surface area contributed by atoms with E-state index in [1.165, 1.54) is 12.3 Å². The molecule has 1 rings (SSSR count). The van der Waals surface area contributed by atoms with E-state index >= 15 is 0 Å². The minimum absolute atomic E-state index is 0.0633. The standard InChI is InChI=1S/C9H10ClNO3/c1-2-14-9(13)4-6-3-7(10)8(12)5-11-6/h3,5,12H,2,4H2,1H3. The van der Waals surface area contributed by atoms with Crippen molar-refractivity contribution < 1.29 is 14.6 Å². The zero-order valence-electron chi connectivity index (χ0n) is 7.66. The second-order valence-corrected chi connectivity index (χ2v) is 3.02. The molecule has 0 amide bonds. The van der Waals surface area contributed by atoms with Crippen LogP contribution in [0, 0.1) is 0 Å². The summed E-state index contributed by atoms with van der Waals surface area (Å²) in [6.45, 7) is 2.07. The quantitative estimate of drug-likeness (QED) is 0.778. The average Bonchev–Trinajstić information content (AvgIpc) is 2.12. The molecule has 1 heterocycles. The molecular weight excluding hydrogens is 206 g/mol. The summed E-state index contributed by atoms with van der Waals surface area (Å²) in [5.74, 6) is -0.457. The van der Waals surface area contributed by atoms with Crippen LogP contribution in [0.4, 0.5) is 0 Å². The number of rotatable bonds is 3. The van der Waals surface area contributed by atoms with Gasteiger partial charge in [0.2, 0.25) is 0 Å². The Balaban J connectivity index is 2.68. The number of ether oxygens (including phenoxy) is 1. The van der Waals surface area contributed by atoms with Gasteiger partial charge in [-0.15, -0.1) is 0 Å². The fourth-order valence-electron chi connectivity index (χ4n) is 0.920. The van der Waals surface area contributed by atoms with Crippen molar-refractivity contribution >= 4 is 17.6 Å². The summed E-state index contributed by atoms with van der Waals surface area (Å²) in [6, 6.07) is 1.44. The first-order valence-corrected chi connectivity index (χ1v) is 4.50. The SMILES string of the molecule is CCOC(=O)Cc1cc(Cl)c(O)cn1. The van der Waals surface area contributed by atoms with Crippen LogP contribution in [0.5, 0.6) is 5.75 Å². The second kappa shape index (κ2) is 4.81. The van der Waals surface area contributed by atoms with Crippen LogP contribution < -0.4 is 0 Å². The van der Waals surface area contributed by atoms with Crippen LogP contribution in [-0.2, 0) is 16.0 Å². The van der Waals surface area contributed by atoms with Gasteiger partial charge < -0.3 is 9.84 Å². The molecule has 0 spiro atoms. The number of hydrogen-bond acceptors (Lipinski definition) is 4. The minimum Gasteiger partial charge on any atom is -0.505 e. The van der Waals surface area contributed by atoms with Crippen LogP contribution in [0.15, 0.2) is 12.3 Å². The number of aromatic nitrogens is 1. The molecule has 5 heteroatoms. The molecule has 0 aromatic carbocycles. The van der Waals surface area contributed by atoms with Gasteiger partial charge in [0.1, 0.15) is 0 Å². The van der Waals surface area contributed by atoms with Gasteiger partial charge in [0.25, 0.3) is 0 Å². The Bertz CT molecular complexity index is 341. The van der Waals surface area contributed by atoms with Gasteiger partial charge in [-0.2, -0.15) is 0 Å². The zero-order chi connectivity index (χ0) is 10.6. The maximum Gasteiger partial charge on any atom is 0.311 e. The molecule has 0 aliphatic rings. The topological polar surface area (TPSA) is 59.4 Å². The Morgan fingerprint density at radius 1 is 1.71 bits per heavy atom. The Morgan fingerprint density at radius 2 is 2.43 bits per heavy atom. The van der Waals surface area contributed by atoms with Gasteiger partial charge in [0, 0.05) is 0 Å². The van der Waals surface area contributed by atoms with Crippen molar-refractivity contribution in [3.8, 4) is 5.75 Å². The van der Waals surface area contributed by atoms with Crippen LogP contribution in [0.3, 0.4) is 0 Å². The number of carbonyl (C=O) groups is 1. The predicted octanol–water partition coefficient (Wildman–Crippen LogP) is 1.55. The molecule has 0 aliphatic carbocycles. The monoisotopic (exact) mass is 215 g/mol. The number of aromatic hydroxyl groups is 1. The lowest BCUT2D eigenvalue weighted by Crippen LogP contribution is -2.08. The third-order valence-electron chi connectivity index (χ3n) is 1.52. The van der Waals surface area contributed by atoms with E-state index in [0.29, 0.717) is 12.3 Å². The zero-order valence-corrected chi connectivity index (χ0v) is 8.41. The van der Waals surface area contributed by atoms with E-state index in [1.54, 1.807) is 6.92 Å². The molecule has 0 radical (unpaired) electrons. The third-order valence-corrected chi connectivity index (χ3v) is 1.82. The number of carbonyl (C=O) groups excluding carboxylic acids is 1. The lowest BCUT2D eigenvalue weighted by molar-refractivity contribution is -0.142. The second-order valence-electron chi connectivity index (χ2n) is 2.61. The number of halogens is 1. The van der Waals surface area contributed by atoms with Gasteiger partial charge in [-0.1, -0.05) is 11.6 Å². The van der Waals surface area contributed by atoms with Crippen LogP contribution in [-0.4, -0.2) is 22.7 Å². The van der Waals surface area contributed by atoms with Gasteiger partial charge in [-0.3, -0.25) is 9.78 Å². The summed E-state index contributed by atoms with van der Waals surface area (Å²) in [5, 5.41) is 9.25. The highest BCUT2D eigenvalue weighted by atomic mass is 35.5. The molecule has 0 aliphatic heterocycles. The van der Waals surface area contributed by atoms with Crippen molar-refractivity contribution in [2.75, 3.05) is 6.61 Å². The van der Waals surface area contributed by atoms with Crippen LogP contribution in [0.1, 0.15) is 12.6 Å². The van der Waals surface area contributed by atoms with Crippen molar-refractivity contribution in [3.63, 3.8) is 0 Å². The molecule has 0 atom stereocenters. The van der Waals surface area contributed by atoms with Gasteiger partial charge in [0.15, 0.2) is 5.75 Å². The largest absolute Gasteiger partial charge is 0.505 e. The van der Waals surface area contributed by atoms with E-state index in [9.17, 15) is 4.79 Å². The first-order chi connectivity index (χ1) is 6.63. The molecule has 1 N–H and O–H groups in total. The van der Waals surface area contributed by atoms with Crippen molar-refractivity contribution in [1.29, 1.82) is 0 Å². The molecule has 76 valence electrons. The number of hydrogen-bond donors (Lipinski definition) is 1. The lowest BCUT2D eigenvalue weighted by atomic mass is 10.3. The molecule has 14 heavy (non-hydrogen) atoms. The summed E-state index contributed by atoms with van der Waals surface area (Å²) >= 11 is 5.63. The Labute approximate surface area is 86.5 Å². The van der Waals surface area contributed by atoms with Gasteiger partial charge in [-0.25, -0.2) is 0 Å². The van der Waals surface area contributed by atoms with E-state index in [1.807, 2.05) is 0 Å². The predicted molar refractivity (Wildman–Crippen MR) is 51.2 cm³/mol. The molecule has 1 aromatic heterocycles. The smallest absolute Gasteiger partial charge is 0.311 e. The first-order valence-electron chi connectivity index (χ1n) is 4.12. The summed E-state index contributed by atoms with van der Waals surface area (Å²) in [7, 11) is 0. The molecule has 0 saturated carbocycles. The molecule has 0 unspecified atom stereocenters. The van der Waals surface area contributed by atoms with Crippen LogP contribution in [0.2, 0.25) is 5.02 Å². The van der Waals surface area contributed by atoms with Crippen molar-refractivity contribution in [2.24, 2.45) is 0 Å². The lowest BCUT2D eigenvalue weighted by Gasteiger charge is -2.02. The van der Waals surface area contributed by atoms with Crippen molar-refractivity contribution in [1.82, 2.24) is 4.98 Å². The highest BCUT2D eigenvalue weighted by molar-refractivity contribution is 6.32. The van der Waals surface area contributed by atoms with Gasteiger partial charge in [-0.05, 0) is 13.0 Å². The molecule has 4 nitrogen and oxygen atoms in total. The van der Waals surface area contributed by atoms with Crippen molar-refractivity contribution in [2.45, 2.75) is 13.3 Å². The van der Waals surface area contributed by atoms with E-state index in [-0.39, 0.29) is 23.2 Å². The minimum atomic E-state index is -0.359. The highest BCUT2D eigenvalue weighted by Gasteiger charge is 2.07. The summed E-state index contributed by atoms with van der Waals surface area (Å²) < 4.78 is 4.73. The number of pyridine rings is 1. The van der Waals surface area contributed by atoms with E-state index in [0.717, 1.165) is 0 Å². The summed E-state index contributed by atoms with van der Waals surface area (Å²) in [6.07, 6.45) is 1.27. The maximum atomic E-state index is 11.0. The Morgan fingerprint density at radius 3 is 3.00 bits per heavy atom. The Hall–Kier alpha value is -1.29. The third kappa shape index (κ3) is 2.88. The summed E-state index contributed by atoms with van der Waals surface area (Å²) in [5.41, 5.74) is 0.478. The summed E-state index contributed by atoms with van der Waals surface area (Å²) in [4.78, 5) is 14.9. The van der Waals surface area contributed by atoms with Gasteiger partial charge in [0.05, 0.1) is 29.9 Å². The van der Waals surface area contributed by atoms with E-state index in [4.69, 9.17) is 21.4 Å². The van der Waals surface area contributed by atoms with E-state index < -0.39 is 0 Å². The van der Waals surface area contributed by atoms with Gasteiger partial charge >= 0.3 is 5.97 Å². The molecule has 0 bridgehead atoms. The molecule has 0 saturated heterocycles. The number of nitrogens with zero attached hydrogens (tertiary/aromatic N) is 1. The van der Waals surface area contributed by atoms with Crippen LogP contribution in [0.25, 0.3) is 0 Å². The van der Waals surface area contributed by atoms with Crippen molar-refractivity contribution in [3.05, 3.63) is 23.0 Å². The molecule has 1 aromatic rings. The highest BCUT2D eigenvalue weighted by Crippen LogP contribution is 2.21. The average molecular weight is 216 g/mol. The fraction of sp³-hybridized carbons (Fsp3) is 0.333. The number of esters is 1. The molecular formula is C9H10ClNO3. The van der Waals surface area contributed by atoms with E-state index in [2.05, 4.69) is 4.98 Å². The first kappa shape index (κ1) is 10.8. The maximum absolute atomic E-state index is 11.0. The van der Waals surface area contributed by atoms with Crippen LogP contribution >= 0.6 is 11.6 Å². The Kier molecular flexibility index (Phi) is 3.71. The normalized spacial score (nSPS) is 9.86.